The van der Waals surface area contributed by atoms with E-state index in [9.17, 15) is 0 Å². The van der Waals surface area contributed by atoms with Crippen molar-refractivity contribution in [3.8, 4) is 0 Å². The van der Waals surface area contributed by atoms with Gasteiger partial charge in [-0.3, -0.25) is 0 Å². The van der Waals surface area contributed by atoms with Crippen molar-refractivity contribution in [2.45, 2.75) is 65.5 Å². The third-order valence-corrected chi connectivity index (χ3v) is 3.89. The molecule has 0 radical (unpaired) electrons. The van der Waals surface area contributed by atoms with Crippen molar-refractivity contribution in [2.24, 2.45) is 11.8 Å². The largest absolute Gasteiger partial charge is 0.312 e. The highest BCUT2D eigenvalue weighted by molar-refractivity contribution is 4.82. The van der Waals surface area contributed by atoms with Crippen LogP contribution in [0.25, 0.3) is 0 Å². The molecular formula is C14H30N2. The number of nitrogens with one attached hydrogen (secondary N) is 2. The van der Waals surface area contributed by atoms with E-state index < -0.39 is 0 Å². The highest BCUT2D eigenvalue weighted by atomic mass is 15.0. The summed E-state index contributed by atoms with van der Waals surface area (Å²) >= 11 is 0. The Morgan fingerprint density at radius 3 is 2.38 bits per heavy atom. The van der Waals surface area contributed by atoms with Crippen LogP contribution < -0.4 is 10.6 Å². The topological polar surface area (TPSA) is 24.1 Å². The van der Waals surface area contributed by atoms with Crippen LogP contribution in [0.1, 0.15) is 53.9 Å². The van der Waals surface area contributed by atoms with Gasteiger partial charge in [0.15, 0.2) is 0 Å². The number of rotatable bonds is 4. The minimum Gasteiger partial charge on any atom is -0.312 e. The lowest BCUT2D eigenvalue weighted by Gasteiger charge is -2.35. The number of hydrogen-bond donors (Lipinski definition) is 2. The Hall–Kier alpha value is -0.0800. The number of hydrogen-bond acceptors (Lipinski definition) is 2. The molecule has 0 aromatic rings. The van der Waals surface area contributed by atoms with Gasteiger partial charge in [0.2, 0.25) is 0 Å². The summed E-state index contributed by atoms with van der Waals surface area (Å²) in [4.78, 5) is 0. The third kappa shape index (κ3) is 4.84. The van der Waals surface area contributed by atoms with E-state index in [1.807, 2.05) is 0 Å². The van der Waals surface area contributed by atoms with Gasteiger partial charge >= 0.3 is 0 Å². The van der Waals surface area contributed by atoms with E-state index in [-0.39, 0.29) is 5.54 Å². The Kier molecular flexibility index (Phi) is 5.26. The Balaban J connectivity index is 2.17. The van der Waals surface area contributed by atoms with Gasteiger partial charge in [0, 0.05) is 24.7 Å². The van der Waals surface area contributed by atoms with Crippen molar-refractivity contribution in [2.75, 3.05) is 13.1 Å². The monoisotopic (exact) mass is 226 g/mol. The van der Waals surface area contributed by atoms with E-state index in [1.54, 1.807) is 0 Å². The van der Waals surface area contributed by atoms with Crippen molar-refractivity contribution in [1.82, 2.24) is 10.6 Å². The Labute approximate surface area is 102 Å². The molecule has 0 aromatic heterocycles. The maximum Gasteiger partial charge on any atom is 0.00970 e. The molecule has 0 spiro atoms. The van der Waals surface area contributed by atoms with Crippen LogP contribution in [0.2, 0.25) is 0 Å². The van der Waals surface area contributed by atoms with Crippen LogP contribution in [0.15, 0.2) is 0 Å². The van der Waals surface area contributed by atoms with Crippen LogP contribution in [-0.2, 0) is 0 Å². The summed E-state index contributed by atoms with van der Waals surface area (Å²) in [6, 6.07) is 0.741. The predicted molar refractivity (Wildman–Crippen MR) is 71.7 cm³/mol. The molecule has 0 aliphatic heterocycles. The van der Waals surface area contributed by atoms with Crippen molar-refractivity contribution < 1.29 is 0 Å². The van der Waals surface area contributed by atoms with Gasteiger partial charge in [-0.25, -0.2) is 0 Å². The van der Waals surface area contributed by atoms with Crippen LogP contribution in [0, 0.1) is 11.8 Å². The smallest absolute Gasteiger partial charge is 0.00970 e. The first-order valence-electron chi connectivity index (χ1n) is 6.88. The third-order valence-electron chi connectivity index (χ3n) is 3.89. The van der Waals surface area contributed by atoms with Gasteiger partial charge in [0.05, 0.1) is 0 Å². The van der Waals surface area contributed by atoms with E-state index in [2.05, 4.69) is 45.3 Å². The second-order valence-electron chi connectivity index (χ2n) is 6.50. The highest BCUT2D eigenvalue weighted by Crippen LogP contribution is 2.29. The molecular weight excluding hydrogens is 196 g/mol. The normalized spacial score (nSPS) is 31.7. The molecule has 2 heteroatoms. The van der Waals surface area contributed by atoms with Crippen LogP contribution in [-0.4, -0.2) is 24.7 Å². The zero-order valence-corrected chi connectivity index (χ0v) is 11.8. The molecule has 3 unspecified atom stereocenters. The Bertz CT molecular complexity index is 195. The summed E-state index contributed by atoms with van der Waals surface area (Å²) in [5, 5.41) is 7.24. The van der Waals surface area contributed by atoms with Crippen molar-refractivity contribution >= 4 is 0 Å². The predicted octanol–water partition coefficient (Wildman–Crippen LogP) is 2.79. The molecule has 0 bridgehead atoms. The average Bonchev–Trinajstić information content (AvgIpc) is 2.17. The molecule has 1 fully saturated rings. The standard InChI is InChI=1S/C14H30N2/c1-11-7-6-8-13(12(11)2)15-9-10-16-14(3,4)5/h11-13,15-16H,6-10H2,1-5H3. The molecule has 1 aliphatic carbocycles. The first-order chi connectivity index (χ1) is 7.40. The summed E-state index contributed by atoms with van der Waals surface area (Å²) < 4.78 is 0. The van der Waals surface area contributed by atoms with Crippen molar-refractivity contribution in [3.05, 3.63) is 0 Å². The lowest BCUT2D eigenvalue weighted by Crippen LogP contribution is -2.45. The summed E-state index contributed by atoms with van der Waals surface area (Å²) in [6.45, 7) is 13.6. The first-order valence-corrected chi connectivity index (χ1v) is 6.88. The molecule has 3 atom stereocenters. The van der Waals surface area contributed by atoms with Crippen molar-refractivity contribution in [1.29, 1.82) is 0 Å². The summed E-state index contributed by atoms with van der Waals surface area (Å²) in [5.41, 5.74) is 0.243. The van der Waals surface area contributed by atoms with E-state index in [0.29, 0.717) is 0 Å². The molecule has 96 valence electrons. The second kappa shape index (κ2) is 6.02. The van der Waals surface area contributed by atoms with E-state index >= 15 is 0 Å². The lowest BCUT2D eigenvalue weighted by atomic mass is 9.78. The molecule has 1 aliphatic rings. The highest BCUT2D eigenvalue weighted by Gasteiger charge is 2.26. The second-order valence-corrected chi connectivity index (χ2v) is 6.50. The molecule has 0 heterocycles. The maximum absolute atomic E-state index is 3.71. The van der Waals surface area contributed by atoms with Gasteiger partial charge in [0.25, 0.3) is 0 Å². The Morgan fingerprint density at radius 2 is 1.75 bits per heavy atom. The van der Waals surface area contributed by atoms with E-state index in [0.717, 1.165) is 31.0 Å². The zero-order chi connectivity index (χ0) is 12.2. The van der Waals surface area contributed by atoms with Gasteiger partial charge in [-0.15, -0.1) is 0 Å². The van der Waals surface area contributed by atoms with Crippen LogP contribution in [0.4, 0.5) is 0 Å². The quantitative estimate of drug-likeness (QED) is 0.720. The molecule has 1 rings (SSSR count). The fourth-order valence-electron chi connectivity index (χ4n) is 2.57. The first kappa shape index (κ1) is 14.0. The van der Waals surface area contributed by atoms with Gasteiger partial charge < -0.3 is 10.6 Å². The molecule has 2 nitrogen and oxygen atoms in total. The molecule has 2 N–H and O–H groups in total. The Morgan fingerprint density at radius 1 is 1.06 bits per heavy atom. The van der Waals surface area contributed by atoms with Crippen molar-refractivity contribution in [3.63, 3.8) is 0 Å². The SMILES string of the molecule is CC1CCCC(NCCNC(C)(C)C)C1C. The van der Waals surface area contributed by atoms with Crippen LogP contribution in [0.3, 0.4) is 0 Å². The minimum absolute atomic E-state index is 0.243. The van der Waals surface area contributed by atoms with Gasteiger partial charge in [-0.05, 0) is 39.0 Å². The summed E-state index contributed by atoms with van der Waals surface area (Å²) in [6.07, 6.45) is 4.18. The summed E-state index contributed by atoms with van der Waals surface area (Å²) in [5.74, 6) is 1.73. The van der Waals surface area contributed by atoms with Gasteiger partial charge in [0.1, 0.15) is 0 Å². The molecule has 0 aromatic carbocycles. The average molecular weight is 226 g/mol. The maximum atomic E-state index is 3.71. The fraction of sp³-hybridized carbons (Fsp3) is 1.00. The lowest BCUT2D eigenvalue weighted by molar-refractivity contribution is 0.206. The summed E-state index contributed by atoms with van der Waals surface area (Å²) in [7, 11) is 0. The fourth-order valence-corrected chi connectivity index (χ4v) is 2.57. The minimum atomic E-state index is 0.243. The van der Waals surface area contributed by atoms with Crippen LogP contribution in [0.5, 0.6) is 0 Å². The van der Waals surface area contributed by atoms with Crippen LogP contribution >= 0.6 is 0 Å². The molecule has 16 heavy (non-hydrogen) atoms. The van der Waals surface area contributed by atoms with Gasteiger partial charge in [-0.1, -0.05) is 26.7 Å². The van der Waals surface area contributed by atoms with E-state index in [4.69, 9.17) is 0 Å². The molecule has 0 saturated heterocycles. The molecule has 0 amide bonds. The van der Waals surface area contributed by atoms with Gasteiger partial charge in [-0.2, -0.15) is 0 Å². The molecule has 1 saturated carbocycles. The zero-order valence-electron chi connectivity index (χ0n) is 11.8. The van der Waals surface area contributed by atoms with E-state index in [1.165, 1.54) is 19.3 Å².